The van der Waals surface area contributed by atoms with E-state index >= 15 is 0 Å². The summed E-state index contributed by atoms with van der Waals surface area (Å²) in [6.07, 6.45) is 5.20. The quantitative estimate of drug-likeness (QED) is 0.256. The van der Waals surface area contributed by atoms with Gasteiger partial charge in [-0.1, -0.05) is 20.3 Å². The van der Waals surface area contributed by atoms with E-state index in [9.17, 15) is 24.2 Å². The summed E-state index contributed by atoms with van der Waals surface area (Å²) in [5.41, 5.74) is -0.524. The van der Waals surface area contributed by atoms with Crippen molar-refractivity contribution in [2.75, 3.05) is 12.3 Å². The van der Waals surface area contributed by atoms with Crippen molar-refractivity contribution in [2.24, 2.45) is 29.1 Å². The molecule has 0 saturated heterocycles. The van der Waals surface area contributed by atoms with Gasteiger partial charge in [-0.05, 0) is 70.1 Å². The van der Waals surface area contributed by atoms with Gasteiger partial charge in [-0.2, -0.15) is 0 Å². The Morgan fingerprint density at radius 3 is 2.39 bits per heavy atom. The molecule has 0 heterocycles. The molecule has 0 bridgehead atoms. The number of carbonyl (C=O) groups excluding carboxylic acids is 2. The molecule has 0 aromatic carbocycles. The molecule has 2 fully saturated rings. The first-order chi connectivity index (χ1) is 14.4. The zero-order valence-corrected chi connectivity index (χ0v) is 20.3. The highest BCUT2D eigenvalue weighted by Crippen LogP contribution is 2.55. The van der Waals surface area contributed by atoms with Crippen LogP contribution in [0.5, 0.6) is 0 Å². The van der Waals surface area contributed by atoms with Crippen molar-refractivity contribution in [2.45, 2.75) is 85.2 Å². The van der Waals surface area contributed by atoms with Crippen LogP contribution in [-0.4, -0.2) is 51.0 Å². The Morgan fingerprint density at radius 2 is 1.77 bits per heavy atom. The van der Waals surface area contributed by atoms with Gasteiger partial charge < -0.3 is 9.84 Å². The number of ether oxygens (including phenoxy) is 1. The molecule has 1 unspecified atom stereocenters. The van der Waals surface area contributed by atoms with Crippen LogP contribution in [0.15, 0.2) is 0 Å². The first kappa shape index (κ1) is 26.2. The maximum absolute atomic E-state index is 12.8. The van der Waals surface area contributed by atoms with Crippen molar-refractivity contribution in [1.29, 1.82) is 0 Å². The molecule has 2 aliphatic rings. The smallest absolute Gasteiger partial charge is 0.311 e. The molecule has 178 valence electrons. The molecule has 31 heavy (non-hydrogen) atoms. The maximum atomic E-state index is 12.8. The zero-order chi connectivity index (χ0) is 23.4. The molecule has 0 spiro atoms. The summed E-state index contributed by atoms with van der Waals surface area (Å²) >= 11 is 0. The predicted molar refractivity (Wildman–Crippen MR) is 120 cm³/mol. The largest absolute Gasteiger partial charge is 0.481 e. The van der Waals surface area contributed by atoms with E-state index in [0.717, 1.165) is 32.1 Å². The lowest BCUT2D eigenvalue weighted by Gasteiger charge is -2.48. The number of hydrogen-bond donors (Lipinski definition) is 3. The van der Waals surface area contributed by atoms with Crippen molar-refractivity contribution < 1.29 is 34.0 Å². The number of rotatable bonds is 10. The van der Waals surface area contributed by atoms with Crippen LogP contribution >= 0.6 is 7.72 Å². The van der Waals surface area contributed by atoms with Gasteiger partial charge in [0.25, 0.3) is 7.72 Å². The second kappa shape index (κ2) is 10.7. The average molecular weight is 460 g/mol. The summed E-state index contributed by atoms with van der Waals surface area (Å²) in [6, 6.07) is 0. The first-order valence-electron chi connectivity index (χ1n) is 11.6. The molecule has 0 radical (unpaired) electrons. The monoisotopic (exact) mass is 459 g/mol. The van der Waals surface area contributed by atoms with Gasteiger partial charge >= 0.3 is 11.9 Å². The zero-order valence-electron chi connectivity index (χ0n) is 19.4. The van der Waals surface area contributed by atoms with Crippen LogP contribution in [0.4, 0.5) is 0 Å². The molecule has 5 atom stereocenters. The number of carboxylic acids is 1. The fourth-order valence-corrected chi connectivity index (χ4v) is 6.85. The van der Waals surface area contributed by atoms with E-state index in [1.54, 1.807) is 0 Å². The lowest BCUT2D eigenvalue weighted by atomic mass is 9.60. The van der Waals surface area contributed by atoms with Crippen LogP contribution in [-0.2, 0) is 19.1 Å². The van der Waals surface area contributed by atoms with Gasteiger partial charge in [-0.25, -0.2) is 9.79 Å². The third kappa shape index (κ3) is 7.23. The van der Waals surface area contributed by atoms with E-state index in [1.807, 2.05) is 20.8 Å². The van der Waals surface area contributed by atoms with E-state index in [-0.39, 0.29) is 30.1 Å². The highest BCUT2D eigenvalue weighted by Gasteiger charge is 2.48. The molecule has 0 aromatic rings. The molecule has 0 amide bonds. The Labute approximate surface area is 186 Å². The number of hydrogen-bond acceptors (Lipinski definition) is 6. The highest BCUT2D eigenvalue weighted by atomic mass is 31.2. The molecular formula is C23H40O7P+. The van der Waals surface area contributed by atoms with Gasteiger partial charge in [-0.3, -0.25) is 14.4 Å². The molecule has 0 aliphatic heterocycles. The summed E-state index contributed by atoms with van der Waals surface area (Å²) < 4.78 is 6.06. The van der Waals surface area contributed by atoms with Gasteiger partial charge in [0.05, 0.1) is 5.41 Å². The van der Waals surface area contributed by atoms with E-state index < -0.39 is 37.5 Å². The molecule has 2 rings (SSSR count). The third-order valence-corrected chi connectivity index (χ3v) is 9.38. The first-order valence-corrected chi connectivity index (χ1v) is 13.7. The minimum Gasteiger partial charge on any atom is -0.481 e. The van der Waals surface area contributed by atoms with Gasteiger partial charge in [-0.15, -0.1) is 0 Å². The van der Waals surface area contributed by atoms with Crippen molar-refractivity contribution in [3.63, 3.8) is 0 Å². The fourth-order valence-electron chi connectivity index (χ4n) is 5.30. The Hall–Kier alpha value is -1.04. The second-order valence-electron chi connectivity index (χ2n) is 10.3. The topological polar surface area (TPSA) is 121 Å². The highest BCUT2D eigenvalue weighted by molar-refractivity contribution is 7.65. The van der Waals surface area contributed by atoms with Crippen LogP contribution in [0.1, 0.15) is 79.1 Å². The summed E-state index contributed by atoms with van der Waals surface area (Å²) in [4.78, 5) is 56.1. The number of ketones is 1. The van der Waals surface area contributed by atoms with Crippen LogP contribution in [0.3, 0.4) is 0 Å². The van der Waals surface area contributed by atoms with E-state index in [0.29, 0.717) is 24.7 Å². The van der Waals surface area contributed by atoms with Crippen molar-refractivity contribution in [3.05, 3.63) is 0 Å². The van der Waals surface area contributed by atoms with Crippen LogP contribution in [0.2, 0.25) is 0 Å². The average Bonchev–Trinajstić information content (AvgIpc) is 2.66. The fraction of sp³-hybridized carbons (Fsp3) is 0.870. The van der Waals surface area contributed by atoms with Gasteiger partial charge in [0.15, 0.2) is 11.9 Å². The number of Topliss-reactive ketones (excluding diaryl/α,β-unsaturated/α-hetero) is 1. The summed E-state index contributed by atoms with van der Waals surface area (Å²) in [6.45, 7) is 7.96. The second-order valence-corrected chi connectivity index (χ2v) is 12.8. The van der Waals surface area contributed by atoms with E-state index in [1.165, 1.54) is 0 Å². The molecule has 0 aromatic heterocycles. The molecule has 7 nitrogen and oxygen atoms in total. The molecule has 2 saturated carbocycles. The lowest BCUT2D eigenvalue weighted by Crippen LogP contribution is -2.46. The Morgan fingerprint density at radius 1 is 1.10 bits per heavy atom. The van der Waals surface area contributed by atoms with Crippen LogP contribution in [0, 0.1) is 29.1 Å². The van der Waals surface area contributed by atoms with Crippen molar-refractivity contribution in [3.8, 4) is 0 Å². The summed E-state index contributed by atoms with van der Waals surface area (Å²) in [5, 5.41) is 8.74. The molecule has 3 N–H and O–H groups in total. The predicted octanol–water partition coefficient (Wildman–Crippen LogP) is 4.06. The van der Waals surface area contributed by atoms with Gasteiger partial charge in [0.1, 0.15) is 18.7 Å². The maximum Gasteiger partial charge on any atom is 0.311 e. The van der Waals surface area contributed by atoms with E-state index in [4.69, 9.17) is 9.84 Å². The number of carboxylic acid groups (broad SMARTS) is 1. The molecule has 8 heteroatoms. The lowest BCUT2D eigenvalue weighted by molar-refractivity contribution is -0.171. The summed E-state index contributed by atoms with van der Waals surface area (Å²) in [5.74, 6) is -0.838. The minimum absolute atomic E-state index is 0.109. The standard InChI is InChI=1S/C23H39O7P/c1-5-23(3,4)22(27)30-19-8-6-7-16-10-9-15(2)18(21(16)19)11-12-31(28,29)14-17(24)13-20(25)26/h15-16,18-19,21,28-29H,5-14H2,1-4H3/p+1/t15-,16+,18-,19-,21?/m1/s1. The number of carbonyl (C=O) groups is 3. The Bertz CT molecular complexity index is 660. The van der Waals surface area contributed by atoms with Crippen LogP contribution in [0.25, 0.3) is 0 Å². The van der Waals surface area contributed by atoms with E-state index in [2.05, 4.69) is 6.92 Å². The normalized spacial score (nSPS) is 29.2. The molecule has 2 aliphatic carbocycles. The minimum atomic E-state index is -3.49. The number of aliphatic carboxylic acids is 1. The Balaban J connectivity index is 2.10. The van der Waals surface area contributed by atoms with Crippen molar-refractivity contribution >= 4 is 25.4 Å². The van der Waals surface area contributed by atoms with Crippen LogP contribution < -0.4 is 0 Å². The van der Waals surface area contributed by atoms with Gasteiger partial charge in [0, 0.05) is 5.92 Å². The van der Waals surface area contributed by atoms with Crippen molar-refractivity contribution in [1.82, 2.24) is 0 Å². The van der Waals surface area contributed by atoms with Gasteiger partial charge in [0.2, 0.25) is 0 Å². The summed E-state index contributed by atoms with van der Waals surface area (Å²) in [7, 11) is -3.49. The molecular weight excluding hydrogens is 419 g/mol. The number of fused-ring (bicyclic) bond motifs is 1. The number of esters is 1. The Kier molecular flexibility index (Phi) is 9.06. The SMILES string of the molecule is CCC(C)(C)C(=O)O[C@@H]1CCC[C@H]2CC[C@@H](C)[C@@H](CC[P+](O)(O)CC(=O)CC(=O)O)C21. The third-order valence-electron chi connectivity index (χ3n) is 7.55.